The number of anilines is 1. The molecule has 0 saturated carbocycles. The fourth-order valence-corrected chi connectivity index (χ4v) is 2.65. The van der Waals surface area contributed by atoms with Crippen LogP contribution in [-0.4, -0.2) is 35.7 Å². The quantitative estimate of drug-likeness (QED) is 0.866. The highest BCUT2D eigenvalue weighted by atomic mass is 15.3. The molecule has 1 aliphatic heterocycles. The third-order valence-electron chi connectivity index (χ3n) is 3.58. The summed E-state index contributed by atoms with van der Waals surface area (Å²) in [6.45, 7) is 9.06. The zero-order valence-electron chi connectivity index (χ0n) is 11.9. The van der Waals surface area contributed by atoms with Gasteiger partial charge >= 0.3 is 0 Å². The van der Waals surface area contributed by atoms with Crippen molar-refractivity contribution in [3.05, 3.63) is 12.4 Å². The highest BCUT2D eigenvalue weighted by Crippen LogP contribution is 2.20. The number of aryl methyl sites for hydroxylation is 1. The number of aromatic nitrogens is 2. The molecule has 4 heteroatoms. The van der Waals surface area contributed by atoms with Crippen LogP contribution in [0.2, 0.25) is 0 Å². The predicted octanol–water partition coefficient (Wildman–Crippen LogP) is 1.88. The Hall–Kier alpha value is -1.03. The van der Waals surface area contributed by atoms with Crippen molar-refractivity contribution in [1.29, 1.82) is 0 Å². The highest BCUT2D eigenvalue weighted by Gasteiger charge is 2.21. The molecular formula is C14H26N4. The Morgan fingerprint density at radius 1 is 1.50 bits per heavy atom. The largest absolute Gasteiger partial charge is 0.342 e. The molecule has 1 unspecified atom stereocenters. The molecule has 0 bridgehead atoms. The lowest BCUT2D eigenvalue weighted by atomic mass is 9.98. The van der Waals surface area contributed by atoms with Crippen molar-refractivity contribution in [2.24, 2.45) is 18.9 Å². The molecule has 0 aliphatic carbocycles. The number of hydrogen-bond acceptors (Lipinski definition) is 3. The number of hydrogen-bond donors (Lipinski definition) is 1. The van der Waals surface area contributed by atoms with Gasteiger partial charge in [-0.25, -0.2) is 4.98 Å². The van der Waals surface area contributed by atoms with Crippen molar-refractivity contribution in [2.45, 2.75) is 26.7 Å². The van der Waals surface area contributed by atoms with Crippen molar-refractivity contribution >= 4 is 5.95 Å². The minimum absolute atomic E-state index is 0.735. The normalized spacial score (nSPS) is 20.7. The Balaban J connectivity index is 1.83. The van der Waals surface area contributed by atoms with Crippen LogP contribution >= 0.6 is 0 Å². The first kappa shape index (κ1) is 13.4. The van der Waals surface area contributed by atoms with Crippen LogP contribution in [0.5, 0.6) is 0 Å². The molecule has 1 atom stereocenters. The minimum Gasteiger partial charge on any atom is -0.342 e. The van der Waals surface area contributed by atoms with Crippen LogP contribution in [0.3, 0.4) is 0 Å². The van der Waals surface area contributed by atoms with E-state index in [0.717, 1.165) is 44.0 Å². The van der Waals surface area contributed by atoms with E-state index in [1.54, 1.807) is 0 Å². The Bertz CT molecular complexity index is 358. The predicted molar refractivity (Wildman–Crippen MR) is 75.9 cm³/mol. The van der Waals surface area contributed by atoms with Gasteiger partial charge in [0.05, 0.1) is 0 Å². The molecule has 4 nitrogen and oxygen atoms in total. The lowest BCUT2D eigenvalue weighted by Gasteiger charge is -2.33. The van der Waals surface area contributed by atoms with E-state index >= 15 is 0 Å². The van der Waals surface area contributed by atoms with Gasteiger partial charge in [0, 0.05) is 32.5 Å². The summed E-state index contributed by atoms with van der Waals surface area (Å²) in [5.74, 6) is 2.61. The highest BCUT2D eigenvalue weighted by molar-refractivity contribution is 5.31. The van der Waals surface area contributed by atoms with Crippen molar-refractivity contribution in [1.82, 2.24) is 14.9 Å². The van der Waals surface area contributed by atoms with E-state index in [1.165, 1.54) is 12.8 Å². The minimum atomic E-state index is 0.735. The SMILES string of the molecule is CC(C)CNCC1CCCN(c2nccn2C)C1. The third-order valence-corrected chi connectivity index (χ3v) is 3.58. The van der Waals surface area contributed by atoms with Gasteiger partial charge in [-0.3, -0.25) is 0 Å². The van der Waals surface area contributed by atoms with Crippen molar-refractivity contribution in [2.75, 3.05) is 31.1 Å². The van der Waals surface area contributed by atoms with E-state index in [0.29, 0.717) is 0 Å². The molecule has 1 aromatic heterocycles. The molecule has 1 aliphatic rings. The first-order valence-electron chi connectivity index (χ1n) is 7.10. The molecule has 0 aromatic carbocycles. The average Bonchev–Trinajstić information content (AvgIpc) is 2.75. The van der Waals surface area contributed by atoms with Crippen LogP contribution in [0.1, 0.15) is 26.7 Å². The maximum absolute atomic E-state index is 4.45. The Morgan fingerprint density at radius 2 is 2.33 bits per heavy atom. The second-order valence-corrected chi connectivity index (χ2v) is 5.84. The standard InChI is InChI=1S/C14H26N4/c1-12(2)9-15-10-13-5-4-7-18(11-13)14-16-6-8-17(14)3/h6,8,12-13,15H,4-5,7,9-11H2,1-3H3. The molecule has 0 spiro atoms. The summed E-state index contributed by atoms with van der Waals surface area (Å²) in [6.07, 6.45) is 6.53. The van der Waals surface area contributed by atoms with E-state index in [1.807, 2.05) is 12.4 Å². The smallest absolute Gasteiger partial charge is 0.205 e. The second kappa shape index (κ2) is 6.23. The lowest BCUT2D eigenvalue weighted by Crippen LogP contribution is -2.41. The molecule has 1 aromatic rings. The lowest BCUT2D eigenvalue weighted by molar-refractivity contribution is 0.378. The second-order valence-electron chi connectivity index (χ2n) is 5.84. The molecule has 18 heavy (non-hydrogen) atoms. The maximum atomic E-state index is 4.45. The van der Waals surface area contributed by atoms with E-state index in [-0.39, 0.29) is 0 Å². The summed E-state index contributed by atoms with van der Waals surface area (Å²) < 4.78 is 2.12. The zero-order valence-corrected chi connectivity index (χ0v) is 11.9. The molecule has 1 N–H and O–H groups in total. The fourth-order valence-electron chi connectivity index (χ4n) is 2.65. The first-order valence-corrected chi connectivity index (χ1v) is 7.10. The molecule has 102 valence electrons. The van der Waals surface area contributed by atoms with Gasteiger partial charge in [-0.1, -0.05) is 13.8 Å². The molecule has 2 rings (SSSR count). The van der Waals surface area contributed by atoms with E-state index in [9.17, 15) is 0 Å². The molecule has 1 fully saturated rings. The molecular weight excluding hydrogens is 224 g/mol. The van der Waals surface area contributed by atoms with Gasteiger partial charge in [0.2, 0.25) is 5.95 Å². The summed E-state index contributed by atoms with van der Waals surface area (Å²) in [7, 11) is 2.07. The molecule has 2 heterocycles. The number of piperidine rings is 1. The number of nitrogens with zero attached hydrogens (tertiary/aromatic N) is 3. The van der Waals surface area contributed by atoms with Gasteiger partial charge in [-0.05, 0) is 37.8 Å². The van der Waals surface area contributed by atoms with Crippen LogP contribution in [0.25, 0.3) is 0 Å². The van der Waals surface area contributed by atoms with Gasteiger partial charge in [0.1, 0.15) is 0 Å². The van der Waals surface area contributed by atoms with Crippen molar-refractivity contribution in [3.63, 3.8) is 0 Å². The van der Waals surface area contributed by atoms with Crippen molar-refractivity contribution in [3.8, 4) is 0 Å². The average molecular weight is 250 g/mol. The van der Waals surface area contributed by atoms with Gasteiger partial charge in [-0.2, -0.15) is 0 Å². The monoisotopic (exact) mass is 250 g/mol. The van der Waals surface area contributed by atoms with Gasteiger partial charge in [-0.15, -0.1) is 0 Å². The number of imidazole rings is 1. The molecule has 1 saturated heterocycles. The van der Waals surface area contributed by atoms with E-state index < -0.39 is 0 Å². The van der Waals surface area contributed by atoms with Crippen LogP contribution in [-0.2, 0) is 7.05 Å². The first-order chi connectivity index (χ1) is 8.66. The number of rotatable bonds is 5. The fraction of sp³-hybridized carbons (Fsp3) is 0.786. The molecule has 0 radical (unpaired) electrons. The van der Waals surface area contributed by atoms with Gasteiger partial charge in [0.25, 0.3) is 0 Å². The van der Waals surface area contributed by atoms with Crippen molar-refractivity contribution < 1.29 is 0 Å². The summed E-state index contributed by atoms with van der Waals surface area (Å²) in [5.41, 5.74) is 0. The summed E-state index contributed by atoms with van der Waals surface area (Å²) >= 11 is 0. The topological polar surface area (TPSA) is 33.1 Å². The summed E-state index contributed by atoms with van der Waals surface area (Å²) in [6, 6.07) is 0. The van der Waals surface area contributed by atoms with Gasteiger partial charge in [0.15, 0.2) is 0 Å². The van der Waals surface area contributed by atoms with Crippen LogP contribution < -0.4 is 10.2 Å². The Labute approximate surface area is 110 Å². The Morgan fingerprint density at radius 3 is 3.00 bits per heavy atom. The Kier molecular flexibility index (Phi) is 4.64. The summed E-state index contributed by atoms with van der Waals surface area (Å²) in [5, 5.41) is 3.58. The zero-order chi connectivity index (χ0) is 13.0. The third kappa shape index (κ3) is 3.48. The van der Waals surface area contributed by atoms with Crippen LogP contribution in [0.4, 0.5) is 5.95 Å². The van der Waals surface area contributed by atoms with Crippen LogP contribution in [0.15, 0.2) is 12.4 Å². The van der Waals surface area contributed by atoms with E-state index in [4.69, 9.17) is 0 Å². The molecule has 0 amide bonds. The van der Waals surface area contributed by atoms with E-state index in [2.05, 4.69) is 40.7 Å². The van der Waals surface area contributed by atoms with Gasteiger partial charge < -0.3 is 14.8 Å². The summed E-state index contributed by atoms with van der Waals surface area (Å²) in [4.78, 5) is 6.87. The number of nitrogens with one attached hydrogen (secondary N) is 1. The maximum Gasteiger partial charge on any atom is 0.205 e. The van der Waals surface area contributed by atoms with Crippen LogP contribution in [0, 0.1) is 11.8 Å².